The molecule has 1 unspecified atom stereocenters. The number of methoxy groups -OCH3 is 1. The zero-order valence-electron chi connectivity index (χ0n) is 10.5. The van der Waals surface area contributed by atoms with Gasteiger partial charge in [-0.25, -0.2) is 14.5 Å². The van der Waals surface area contributed by atoms with E-state index < -0.39 is 29.6 Å². The summed E-state index contributed by atoms with van der Waals surface area (Å²) in [6.07, 6.45) is -0.362. The summed E-state index contributed by atoms with van der Waals surface area (Å²) in [5, 5.41) is 0. The van der Waals surface area contributed by atoms with Gasteiger partial charge in [0.1, 0.15) is 11.6 Å². The Balaban J connectivity index is 2.81. The Hall–Kier alpha value is -1.59. The fourth-order valence-corrected chi connectivity index (χ4v) is 1.58. The molecule has 6 nitrogen and oxygen atoms in total. The monoisotopic (exact) mass is 243 g/mol. The summed E-state index contributed by atoms with van der Waals surface area (Å²) in [4.78, 5) is 35.6. The molecule has 0 aromatic rings. The molecule has 0 spiro atoms. The summed E-state index contributed by atoms with van der Waals surface area (Å²) in [6.45, 7) is 5.08. The molecular formula is C11H17NO5. The number of ether oxygens (including phenoxy) is 2. The Labute approximate surface area is 99.9 Å². The molecule has 1 heterocycles. The van der Waals surface area contributed by atoms with E-state index in [-0.39, 0.29) is 12.8 Å². The number of hydrogen-bond acceptors (Lipinski definition) is 5. The maximum Gasteiger partial charge on any atom is 0.417 e. The van der Waals surface area contributed by atoms with Crippen molar-refractivity contribution >= 4 is 18.0 Å². The van der Waals surface area contributed by atoms with Gasteiger partial charge in [0.15, 0.2) is 0 Å². The Bertz CT molecular complexity index is 344. The van der Waals surface area contributed by atoms with Crippen LogP contribution >= 0.6 is 0 Å². The summed E-state index contributed by atoms with van der Waals surface area (Å²) in [7, 11) is 1.22. The van der Waals surface area contributed by atoms with Gasteiger partial charge in [-0.3, -0.25) is 4.79 Å². The molecule has 6 heteroatoms. The lowest BCUT2D eigenvalue weighted by molar-refractivity contribution is -0.148. The van der Waals surface area contributed by atoms with Crippen LogP contribution in [0.1, 0.15) is 33.6 Å². The van der Waals surface area contributed by atoms with Gasteiger partial charge in [0.25, 0.3) is 0 Å². The van der Waals surface area contributed by atoms with E-state index in [2.05, 4.69) is 4.74 Å². The van der Waals surface area contributed by atoms with Crippen molar-refractivity contribution in [3.63, 3.8) is 0 Å². The first-order chi connectivity index (χ1) is 7.76. The van der Waals surface area contributed by atoms with Crippen LogP contribution < -0.4 is 0 Å². The SMILES string of the molecule is COC(=O)C1CCC(=O)N1C(=O)OC(C)(C)C. The molecule has 1 aliphatic rings. The van der Waals surface area contributed by atoms with Crippen molar-refractivity contribution in [1.29, 1.82) is 0 Å². The predicted octanol–water partition coefficient (Wildman–Crippen LogP) is 1.09. The Morgan fingerprint density at radius 3 is 2.41 bits per heavy atom. The van der Waals surface area contributed by atoms with Crippen molar-refractivity contribution in [2.75, 3.05) is 7.11 Å². The summed E-state index contributed by atoms with van der Waals surface area (Å²) >= 11 is 0. The number of amides is 2. The fourth-order valence-electron chi connectivity index (χ4n) is 1.58. The number of hydrogen-bond donors (Lipinski definition) is 0. The zero-order chi connectivity index (χ0) is 13.2. The number of carbonyl (C=O) groups is 3. The lowest BCUT2D eigenvalue weighted by atomic mass is 10.2. The first-order valence-corrected chi connectivity index (χ1v) is 5.39. The molecule has 1 atom stereocenters. The molecule has 1 aliphatic heterocycles. The molecule has 0 aromatic carbocycles. The van der Waals surface area contributed by atoms with Crippen LogP contribution in [0.4, 0.5) is 4.79 Å². The highest BCUT2D eigenvalue weighted by Gasteiger charge is 2.42. The standard InChI is InChI=1S/C11H17NO5/c1-11(2,3)17-10(15)12-7(9(14)16-4)5-6-8(12)13/h7H,5-6H2,1-4H3. The van der Waals surface area contributed by atoms with Crippen molar-refractivity contribution in [1.82, 2.24) is 4.90 Å². The number of likely N-dealkylation sites (tertiary alicyclic amines) is 1. The van der Waals surface area contributed by atoms with Gasteiger partial charge in [-0.1, -0.05) is 0 Å². The van der Waals surface area contributed by atoms with Crippen LogP contribution in [-0.4, -0.2) is 41.6 Å². The normalized spacial score (nSPS) is 20.4. The van der Waals surface area contributed by atoms with Crippen LogP contribution in [0, 0.1) is 0 Å². The van der Waals surface area contributed by atoms with E-state index >= 15 is 0 Å². The van der Waals surface area contributed by atoms with E-state index in [1.165, 1.54) is 7.11 Å². The van der Waals surface area contributed by atoms with Gasteiger partial charge in [0, 0.05) is 6.42 Å². The van der Waals surface area contributed by atoms with Gasteiger partial charge in [-0.05, 0) is 27.2 Å². The highest BCUT2D eigenvalue weighted by Crippen LogP contribution is 2.22. The van der Waals surface area contributed by atoms with E-state index in [0.29, 0.717) is 0 Å². The average Bonchev–Trinajstić information content (AvgIpc) is 2.56. The minimum atomic E-state index is -0.859. The summed E-state index contributed by atoms with van der Waals surface area (Å²) in [6, 6.07) is -0.859. The number of imide groups is 1. The van der Waals surface area contributed by atoms with Crippen molar-refractivity contribution < 1.29 is 23.9 Å². The third kappa shape index (κ3) is 3.18. The zero-order valence-corrected chi connectivity index (χ0v) is 10.5. The summed E-state index contributed by atoms with van der Waals surface area (Å²) in [5.41, 5.74) is -0.708. The smallest absolute Gasteiger partial charge is 0.417 e. The van der Waals surface area contributed by atoms with Gasteiger partial charge < -0.3 is 9.47 Å². The highest BCUT2D eigenvalue weighted by atomic mass is 16.6. The molecular weight excluding hydrogens is 226 g/mol. The quantitative estimate of drug-likeness (QED) is 0.644. The lowest BCUT2D eigenvalue weighted by Crippen LogP contribution is -2.45. The number of esters is 1. The maximum atomic E-state index is 11.8. The maximum absolute atomic E-state index is 11.8. The minimum Gasteiger partial charge on any atom is -0.467 e. The van der Waals surface area contributed by atoms with Gasteiger partial charge in [0.05, 0.1) is 7.11 Å². The molecule has 1 fully saturated rings. The van der Waals surface area contributed by atoms with Gasteiger partial charge in [0.2, 0.25) is 5.91 Å². The van der Waals surface area contributed by atoms with E-state index in [0.717, 1.165) is 4.90 Å². The second-order valence-corrected chi connectivity index (χ2v) is 4.82. The van der Waals surface area contributed by atoms with Crippen molar-refractivity contribution in [2.24, 2.45) is 0 Å². The average molecular weight is 243 g/mol. The molecule has 0 saturated carbocycles. The molecule has 96 valence electrons. The number of rotatable bonds is 1. The third-order valence-corrected chi connectivity index (χ3v) is 2.28. The van der Waals surface area contributed by atoms with Crippen LogP contribution in [0.2, 0.25) is 0 Å². The van der Waals surface area contributed by atoms with Crippen LogP contribution in [0.5, 0.6) is 0 Å². The molecule has 17 heavy (non-hydrogen) atoms. The molecule has 0 N–H and O–H groups in total. The van der Waals surface area contributed by atoms with Crippen LogP contribution in [-0.2, 0) is 19.1 Å². The predicted molar refractivity (Wildman–Crippen MR) is 58.1 cm³/mol. The van der Waals surface area contributed by atoms with Crippen LogP contribution in [0.25, 0.3) is 0 Å². The Kier molecular flexibility index (Phi) is 3.75. The lowest BCUT2D eigenvalue weighted by Gasteiger charge is -2.26. The topological polar surface area (TPSA) is 72.9 Å². The molecule has 1 rings (SSSR count). The van der Waals surface area contributed by atoms with E-state index in [9.17, 15) is 14.4 Å². The second kappa shape index (κ2) is 4.73. The van der Waals surface area contributed by atoms with Crippen molar-refractivity contribution in [3.05, 3.63) is 0 Å². The summed E-state index contributed by atoms with van der Waals surface area (Å²) < 4.78 is 9.63. The highest BCUT2D eigenvalue weighted by molar-refractivity contribution is 5.99. The molecule has 0 aliphatic carbocycles. The first kappa shape index (κ1) is 13.5. The molecule has 0 radical (unpaired) electrons. The molecule has 0 bridgehead atoms. The van der Waals surface area contributed by atoms with Crippen molar-refractivity contribution in [2.45, 2.75) is 45.3 Å². The minimum absolute atomic E-state index is 0.152. The number of carbonyl (C=O) groups excluding carboxylic acids is 3. The van der Waals surface area contributed by atoms with E-state index in [4.69, 9.17) is 4.74 Å². The van der Waals surface area contributed by atoms with Gasteiger partial charge in [-0.15, -0.1) is 0 Å². The van der Waals surface area contributed by atoms with Crippen LogP contribution in [0.15, 0.2) is 0 Å². The van der Waals surface area contributed by atoms with E-state index in [1.54, 1.807) is 20.8 Å². The second-order valence-electron chi connectivity index (χ2n) is 4.82. The fraction of sp³-hybridized carbons (Fsp3) is 0.727. The molecule has 0 aromatic heterocycles. The van der Waals surface area contributed by atoms with Crippen molar-refractivity contribution in [3.8, 4) is 0 Å². The molecule has 2 amide bonds. The molecule has 1 saturated heterocycles. The first-order valence-electron chi connectivity index (χ1n) is 5.39. The Morgan fingerprint density at radius 1 is 1.35 bits per heavy atom. The Morgan fingerprint density at radius 2 is 1.94 bits per heavy atom. The van der Waals surface area contributed by atoms with E-state index in [1.807, 2.05) is 0 Å². The largest absolute Gasteiger partial charge is 0.467 e. The van der Waals surface area contributed by atoms with Crippen LogP contribution in [0.3, 0.4) is 0 Å². The third-order valence-electron chi connectivity index (χ3n) is 2.28. The summed E-state index contributed by atoms with van der Waals surface area (Å²) in [5.74, 6) is -1.00. The van der Waals surface area contributed by atoms with Gasteiger partial charge in [-0.2, -0.15) is 0 Å². The van der Waals surface area contributed by atoms with Gasteiger partial charge >= 0.3 is 12.1 Å². The number of nitrogens with zero attached hydrogens (tertiary/aromatic N) is 1.